The largest absolute Gasteiger partial charge is 1.00 e. The summed E-state index contributed by atoms with van der Waals surface area (Å²) in [4.78, 5) is 0. The molecule has 1 atom stereocenters. The molecule has 0 saturated carbocycles. The molecule has 1 aliphatic heterocycles. The number of halogens is 1. The van der Waals surface area contributed by atoms with Gasteiger partial charge in [-0.2, -0.15) is 4.68 Å². The van der Waals surface area contributed by atoms with Crippen LogP contribution in [0.4, 0.5) is 0 Å². The van der Waals surface area contributed by atoms with Crippen molar-refractivity contribution >= 4 is 16.9 Å². The van der Waals surface area contributed by atoms with Crippen LogP contribution in [-0.2, 0) is 0 Å². The fraction of sp³-hybridized carbons (Fsp3) is 0.222. The van der Waals surface area contributed by atoms with Crippen molar-refractivity contribution in [3.05, 3.63) is 35.9 Å². The van der Waals surface area contributed by atoms with E-state index >= 15 is 0 Å². The van der Waals surface area contributed by atoms with Crippen LogP contribution < -0.4 is 28.6 Å². The number of hydrazone groups is 1. The van der Waals surface area contributed by atoms with E-state index < -0.39 is 0 Å². The summed E-state index contributed by atoms with van der Waals surface area (Å²) in [6.45, 7) is 0.792. The highest BCUT2D eigenvalue weighted by atomic mass is 79.9. The van der Waals surface area contributed by atoms with Crippen LogP contribution in [0.3, 0.4) is 0 Å². The van der Waals surface area contributed by atoms with Gasteiger partial charge < -0.3 is 17.0 Å². The van der Waals surface area contributed by atoms with Gasteiger partial charge in [0.05, 0.1) is 5.25 Å². The molecule has 1 unspecified atom stereocenters. The Bertz CT molecular complexity index is 325. The van der Waals surface area contributed by atoms with Crippen LogP contribution in [0, 0.1) is 0 Å². The molecule has 1 heterocycles. The lowest BCUT2D eigenvalue weighted by Gasteiger charge is -2.04. The average Bonchev–Trinajstić information content (AvgIpc) is 2.49. The minimum atomic E-state index is 0. The SMILES string of the molecule is NC1=[N+](N)CC(c2ccccc2)S1.[Br-]. The van der Waals surface area contributed by atoms with Crippen molar-refractivity contribution in [2.24, 2.45) is 11.6 Å². The van der Waals surface area contributed by atoms with Gasteiger partial charge in [0.1, 0.15) is 6.54 Å². The first-order chi connectivity index (χ1) is 6.27. The van der Waals surface area contributed by atoms with Gasteiger partial charge in [-0.3, -0.25) is 11.6 Å². The molecule has 0 saturated heterocycles. The molecule has 3 nitrogen and oxygen atoms in total. The van der Waals surface area contributed by atoms with Gasteiger partial charge in [-0.15, -0.1) is 0 Å². The van der Waals surface area contributed by atoms with Gasteiger partial charge in [0.25, 0.3) is 0 Å². The fourth-order valence-electron chi connectivity index (χ4n) is 1.36. The molecule has 2 rings (SSSR count). The topological polar surface area (TPSA) is 55.0 Å². The molecule has 5 heteroatoms. The van der Waals surface area contributed by atoms with Crippen molar-refractivity contribution in [1.29, 1.82) is 0 Å². The summed E-state index contributed by atoms with van der Waals surface area (Å²) < 4.78 is 1.60. The van der Waals surface area contributed by atoms with Gasteiger partial charge in [-0.25, -0.2) is 0 Å². The maximum absolute atomic E-state index is 5.69. The van der Waals surface area contributed by atoms with Gasteiger partial charge in [-0.1, -0.05) is 30.3 Å². The molecular weight excluding hydrogens is 262 g/mol. The fourth-order valence-corrected chi connectivity index (χ4v) is 2.39. The number of hydrogen-bond donors (Lipinski definition) is 2. The number of hydrazine groups is 1. The Morgan fingerprint density at radius 1 is 1.29 bits per heavy atom. The maximum Gasteiger partial charge on any atom is 0.327 e. The van der Waals surface area contributed by atoms with Crippen molar-refractivity contribution in [2.75, 3.05) is 6.54 Å². The summed E-state index contributed by atoms with van der Waals surface area (Å²) >= 11 is 1.62. The quantitative estimate of drug-likeness (QED) is 0.446. The van der Waals surface area contributed by atoms with E-state index in [2.05, 4.69) is 12.1 Å². The summed E-state index contributed by atoms with van der Waals surface area (Å²) in [5.74, 6) is 5.66. The van der Waals surface area contributed by atoms with E-state index in [1.807, 2.05) is 18.2 Å². The Balaban J connectivity index is 0.000000980. The second-order valence-electron chi connectivity index (χ2n) is 3.01. The molecule has 0 aromatic heterocycles. The van der Waals surface area contributed by atoms with Crippen LogP contribution in [-0.4, -0.2) is 16.4 Å². The van der Waals surface area contributed by atoms with Gasteiger partial charge >= 0.3 is 5.17 Å². The second kappa shape index (κ2) is 4.70. The third-order valence-electron chi connectivity index (χ3n) is 2.08. The van der Waals surface area contributed by atoms with Gasteiger partial charge in [-0.05, 0) is 17.3 Å². The number of rotatable bonds is 1. The Kier molecular flexibility index (Phi) is 3.83. The predicted octanol–water partition coefficient (Wildman–Crippen LogP) is -2.32. The number of thioether (sulfide) groups is 1. The van der Waals surface area contributed by atoms with Gasteiger partial charge in [0, 0.05) is 0 Å². The summed E-state index contributed by atoms with van der Waals surface area (Å²) in [5.41, 5.74) is 6.97. The van der Waals surface area contributed by atoms with Crippen LogP contribution in [0.5, 0.6) is 0 Å². The molecule has 0 bridgehead atoms. The molecule has 0 fully saturated rings. The van der Waals surface area contributed by atoms with E-state index in [9.17, 15) is 0 Å². The molecule has 1 aromatic carbocycles. The summed E-state index contributed by atoms with van der Waals surface area (Å²) in [5, 5.41) is 1.08. The zero-order valence-corrected chi connectivity index (χ0v) is 9.96. The van der Waals surface area contributed by atoms with E-state index in [0.29, 0.717) is 10.4 Å². The normalized spacial score (nSPS) is 20.7. The van der Waals surface area contributed by atoms with Gasteiger partial charge in [0.15, 0.2) is 0 Å². The Morgan fingerprint density at radius 3 is 2.43 bits per heavy atom. The number of nitrogens with two attached hydrogens (primary N) is 2. The molecule has 0 amide bonds. The monoisotopic (exact) mass is 273 g/mol. The van der Waals surface area contributed by atoms with Crippen LogP contribution in [0.1, 0.15) is 10.8 Å². The van der Waals surface area contributed by atoms with Crippen LogP contribution >= 0.6 is 11.8 Å². The third-order valence-corrected chi connectivity index (χ3v) is 3.26. The number of nitrogens with zero attached hydrogens (tertiary/aromatic N) is 1. The molecule has 4 N–H and O–H groups in total. The Hall–Kier alpha value is -0.680. The lowest BCUT2D eigenvalue weighted by Crippen LogP contribution is -3.00. The highest BCUT2D eigenvalue weighted by Gasteiger charge is 2.27. The zero-order chi connectivity index (χ0) is 9.26. The molecule has 1 aliphatic rings. The van der Waals surface area contributed by atoms with E-state index in [-0.39, 0.29) is 17.0 Å². The van der Waals surface area contributed by atoms with Gasteiger partial charge in [0.2, 0.25) is 0 Å². The lowest BCUT2D eigenvalue weighted by atomic mass is 10.1. The molecule has 76 valence electrons. The zero-order valence-electron chi connectivity index (χ0n) is 7.56. The molecular formula is C9H12BrN3S. The highest BCUT2D eigenvalue weighted by molar-refractivity contribution is 8.13. The highest BCUT2D eigenvalue weighted by Crippen LogP contribution is 2.31. The van der Waals surface area contributed by atoms with Crippen molar-refractivity contribution in [2.45, 2.75) is 5.25 Å². The third kappa shape index (κ3) is 2.22. The van der Waals surface area contributed by atoms with Crippen LogP contribution in [0.25, 0.3) is 0 Å². The van der Waals surface area contributed by atoms with Crippen molar-refractivity contribution in [3.8, 4) is 0 Å². The number of hydrogen-bond acceptors (Lipinski definition) is 3. The van der Waals surface area contributed by atoms with Crippen molar-refractivity contribution in [3.63, 3.8) is 0 Å². The number of benzene rings is 1. The predicted molar refractivity (Wildman–Crippen MR) is 55.3 cm³/mol. The van der Waals surface area contributed by atoms with E-state index in [1.165, 1.54) is 5.56 Å². The van der Waals surface area contributed by atoms with E-state index in [4.69, 9.17) is 11.6 Å². The molecule has 0 aliphatic carbocycles. The summed E-state index contributed by atoms with van der Waals surface area (Å²) in [7, 11) is 0. The standard InChI is InChI=1S/C9H11N3S.BrH/c10-9-12(11)6-8(13-9)7-4-2-1-3-5-7;/h1-5,8,10H,6,11H2;1H. The first-order valence-corrected chi connectivity index (χ1v) is 5.01. The second-order valence-corrected chi connectivity index (χ2v) is 4.23. The smallest absolute Gasteiger partial charge is 0.327 e. The maximum atomic E-state index is 5.69. The van der Waals surface area contributed by atoms with Crippen LogP contribution in [0.15, 0.2) is 30.3 Å². The Morgan fingerprint density at radius 2 is 1.93 bits per heavy atom. The van der Waals surface area contributed by atoms with Crippen molar-refractivity contribution in [1.82, 2.24) is 0 Å². The first kappa shape index (κ1) is 11.4. The summed E-state index contributed by atoms with van der Waals surface area (Å²) in [6, 6.07) is 10.3. The molecule has 0 radical (unpaired) electrons. The molecule has 14 heavy (non-hydrogen) atoms. The van der Waals surface area contributed by atoms with Crippen molar-refractivity contribution < 1.29 is 21.7 Å². The minimum Gasteiger partial charge on any atom is -1.00 e. The minimum absolute atomic E-state index is 0. The Labute approximate surface area is 97.9 Å². The van der Waals surface area contributed by atoms with Crippen LogP contribution in [0.2, 0.25) is 0 Å². The van der Waals surface area contributed by atoms with E-state index in [0.717, 1.165) is 6.54 Å². The summed E-state index contributed by atoms with van der Waals surface area (Å²) in [6.07, 6.45) is 0. The molecule has 0 spiro atoms. The first-order valence-electron chi connectivity index (χ1n) is 4.13. The van der Waals surface area contributed by atoms with E-state index in [1.54, 1.807) is 16.4 Å². The average molecular weight is 274 g/mol. The number of amidine groups is 1. The lowest BCUT2D eigenvalue weighted by molar-refractivity contribution is -0.534. The molecule has 1 aromatic rings.